The van der Waals surface area contributed by atoms with Crippen LogP contribution in [0.25, 0.3) is 10.9 Å². The molecular formula is C24H32N6O2. The SMILES string of the molecule is COC(=O)c1cc(CN[C@H]2CC[C@@H](Nc3nc(N(C)C)c4ccccc4n3)CC2)cn1C. The summed E-state index contributed by atoms with van der Waals surface area (Å²) in [6, 6.07) is 10.8. The highest BCUT2D eigenvalue weighted by atomic mass is 16.5. The maximum absolute atomic E-state index is 11.8. The van der Waals surface area contributed by atoms with Gasteiger partial charge in [-0.3, -0.25) is 0 Å². The second-order valence-electron chi connectivity index (χ2n) is 8.69. The summed E-state index contributed by atoms with van der Waals surface area (Å²) in [5.41, 5.74) is 2.62. The summed E-state index contributed by atoms with van der Waals surface area (Å²) in [6.07, 6.45) is 6.28. The molecule has 0 unspecified atom stereocenters. The first-order chi connectivity index (χ1) is 15.4. The van der Waals surface area contributed by atoms with Crippen LogP contribution in [0.2, 0.25) is 0 Å². The number of carbonyl (C=O) groups is 1. The largest absolute Gasteiger partial charge is 0.464 e. The van der Waals surface area contributed by atoms with Crippen molar-refractivity contribution in [2.24, 2.45) is 7.05 Å². The van der Waals surface area contributed by atoms with E-state index >= 15 is 0 Å². The summed E-state index contributed by atoms with van der Waals surface area (Å²) in [7, 11) is 7.29. The Morgan fingerprint density at radius 2 is 1.88 bits per heavy atom. The van der Waals surface area contributed by atoms with Crippen LogP contribution < -0.4 is 15.5 Å². The number of fused-ring (bicyclic) bond motifs is 1. The first-order valence-corrected chi connectivity index (χ1v) is 11.1. The highest BCUT2D eigenvalue weighted by Gasteiger charge is 2.22. The van der Waals surface area contributed by atoms with Gasteiger partial charge >= 0.3 is 5.97 Å². The molecule has 2 aromatic heterocycles. The molecule has 0 atom stereocenters. The minimum atomic E-state index is -0.307. The van der Waals surface area contributed by atoms with Crippen molar-refractivity contribution in [1.29, 1.82) is 0 Å². The van der Waals surface area contributed by atoms with Crippen LogP contribution in [-0.2, 0) is 18.3 Å². The Hall–Kier alpha value is -3.13. The second-order valence-corrected chi connectivity index (χ2v) is 8.69. The van der Waals surface area contributed by atoms with E-state index in [0.717, 1.165) is 54.5 Å². The van der Waals surface area contributed by atoms with Crippen molar-refractivity contribution in [1.82, 2.24) is 19.9 Å². The smallest absolute Gasteiger partial charge is 0.354 e. The van der Waals surface area contributed by atoms with E-state index in [1.807, 2.05) is 61.1 Å². The first kappa shape index (κ1) is 22.1. The van der Waals surface area contributed by atoms with Gasteiger partial charge in [0.1, 0.15) is 11.5 Å². The summed E-state index contributed by atoms with van der Waals surface area (Å²) in [6.45, 7) is 0.744. The number of ether oxygens (including phenoxy) is 1. The summed E-state index contributed by atoms with van der Waals surface area (Å²) in [5.74, 6) is 1.32. The summed E-state index contributed by atoms with van der Waals surface area (Å²) >= 11 is 0. The van der Waals surface area contributed by atoms with Gasteiger partial charge in [0.25, 0.3) is 0 Å². The minimum Gasteiger partial charge on any atom is -0.464 e. The van der Waals surface area contributed by atoms with Gasteiger partial charge in [0.05, 0.1) is 12.6 Å². The molecule has 0 aliphatic heterocycles. The van der Waals surface area contributed by atoms with Crippen LogP contribution in [-0.4, -0.2) is 53.8 Å². The standard InChI is InChI=1S/C24H32N6O2/c1-29(2)22-19-7-5-6-8-20(19)27-24(28-22)26-18-11-9-17(10-12-18)25-14-16-13-21(23(31)32-4)30(3)15-16/h5-8,13,15,17-18,25H,9-12,14H2,1-4H3,(H,26,27,28)/t17-,18+. The van der Waals surface area contributed by atoms with E-state index < -0.39 is 0 Å². The number of nitrogens with one attached hydrogen (secondary N) is 2. The number of benzene rings is 1. The topological polar surface area (TPSA) is 84.3 Å². The Morgan fingerprint density at radius 3 is 2.59 bits per heavy atom. The molecule has 0 spiro atoms. The lowest BCUT2D eigenvalue weighted by Crippen LogP contribution is -2.36. The predicted octanol–water partition coefficient (Wildman–Crippen LogP) is 3.33. The Balaban J connectivity index is 1.32. The molecule has 1 aliphatic carbocycles. The van der Waals surface area contributed by atoms with E-state index in [-0.39, 0.29) is 5.97 Å². The fraction of sp³-hybridized carbons (Fsp3) is 0.458. The monoisotopic (exact) mass is 436 g/mol. The van der Waals surface area contributed by atoms with Gasteiger partial charge in [0.2, 0.25) is 5.95 Å². The van der Waals surface area contributed by atoms with Crippen molar-refractivity contribution in [3.05, 3.63) is 47.8 Å². The van der Waals surface area contributed by atoms with Crippen molar-refractivity contribution >= 4 is 28.6 Å². The maximum atomic E-state index is 11.8. The van der Waals surface area contributed by atoms with Crippen molar-refractivity contribution < 1.29 is 9.53 Å². The molecule has 8 heteroatoms. The van der Waals surface area contributed by atoms with Gasteiger partial charge in [0.15, 0.2) is 0 Å². The molecule has 0 saturated heterocycles. The van der Waals surface area contributed by atoms with Crippen LogP contribution in [0, 0.1) is 0 Å². The molecule has 2 heterocycles. The fourth-order valence-corrected chi connectivity index (χ4v) is 4.39. The summed E-state index contributed by atoms with van der Waals surface area (Å²) < 4.78 is 6.64. The number of methoxy groups -OCH3 is 1. The molecule has 170 valence electrons. The number of aromatic nitrogens is 3. The van der Waals surface area contributed by atoms with E-state index in [2.05, 4.69) is 16.7 Å². The van der Waals surface area contributed by atoms with Crippen LogP contribution in [0.5, 0.6) is 0 Å². The number of nitrogens with zero attached hydrogens (tertiary/aromatic N) is 4. The third kappa shape index (κ3) is 4.85. The van der Waals surface area contributed by atoms with E-state index in [9.17, 15) is 4.79 Å². The molecule has 1 aromatic carbocycles. The Kier molecular flexibility index (Phi) is 6.60. The second kappa shape index (κ2) is 9.56. The van der Waals surface area contributed by atoms with Gasteiger partial charge in [-0.1, -0.05) is 12.1 Å². The van der Waals surface area contributed by atoms with Gasteiger partial charge in [-0.25, -0.2) is 9.78 Å². The van der Waals surface area contributed by atoms with E-state index in [1.54, 1.807) is 0 Å². The molecule has 8 nitrogen and oxygen atoms in total. The number of hydrogen-bond acceptors (Lipinski definition) is 7. The molecule has 3 aromatic rings. The minimum absolute atomic E-state index is 0.307. The number of rotatable bonds is 7. The summed E-state index contributed by atoms with van der Waals surface area (Å²) in [5, 5.41) is 8.26. The predicted molar refractivity (Wildman–Crippen MR) is 127 cm³/mol. The molecule has 32 heavy (non-hydrogen) atoms. The van der Waals surface area contributed by atoms with Crippen LogP contribution in [0.15, 0.2) is 36.5 Å². The molecule has 1 aliphatic rings. The highest BCUT2D eigenvalue weighted by Crippen LogP contribution is 2.26. The number of para-hydroxylation sites is 1. The molecular weight excluding hydrogens is 404 g/mol. The van der Waals surface area contributed by atoms with E-state index in [4.69, 9.17) is 14.7 Å². The highest BCUT2D eigenvalue weighted by molar-refractivity contribution is 5.90. The van der Waals surface area contributed by atoms with Gasteiger partial charge in [-0.15, -0.1) is 0 Å². The molecule has 2 N–H and O–H groups in total. The lowest BCUT2D eigenvalue weighted by Gasteiger charge is -2.30. The molecule has 1 fully saturated rings. The number of esters is 1. The molecule has 0 amide bonds. The van der Waals surface area contributed by atoms with E-state index in [0.29, 0.717) is 23.7 Å². The quantitative estimate of drug-likeness (QED) is 0.550. The maximum Gasteiger partial charge on any atom is 0.354 e. The number of hydrogen-bond donors (Lipinski definition) is 2. The molecule has 4 rings (SSSR count). The molecule has 1 saturated carbocycles. The zero-order valence-corrected chi connectivity index (χ0v) is 19.3. The van der Waals surface area contributed by atoms with E-state index in [1.165, 1.54) is 7.11 Å². The normalized spacial score (nSPS) is 18.5. The number of aryl methyl sites for hydroxylation is 1. The van der Waals surface area contributed by atoms with Crippen molar-refractivity contribution in [2.75, 3.05) is 31.4 Å². The zero-order valence-electron chi connectivity index (χ0n) is 19.3. The van der Waals surface area contributed by atoms with Crippen LogP contribution in [0.4, 0.5) is 11.8 Å². The fourth-order valence-electron chi connectivity index (χ4n) is 4.39. The summed E-state index contributed by atoms with van der Waals surface area (Å²) in [4.78, 5) is 23.3. The van der Waals surface area contributed by atoms with Gasteiger partial charge < -0.3 is 24.8 Å². The molecule has 0 bridgehead atoms. The van der Waals surface area contributed by atoms with Crippen LogP contribution in [0.1, 0.15) is 41.7 Å². The average Bonchev–Trinajstić information content (AvgIpc) is 3.18. The Labute approximate surface area is 189 Å². The lowest BCUT2D eigenvalue weighted by molar-refractivity contribution is 0.0590. The lowest BCUT2D eigenvalue weighted by atomic mass is 9.91. The average molecular weight is 437 g/mol. The third-order valence-corrected chi connectivity index (χ3v) is 6.12. The Bertz CT molecular complexity index is 1090. The van der Waals surface area contributed by atoms with Crippen LogP contribution in [0.3, 0.4) is 0 Å². The van der Waals surface area contributed by atoms with Crippen molar-refractivity contribution in [3.63, 3.8) is 0 Å². The number of carbonyl (C=O) groups excluding carboxylic acids is 1. The van der Waals surface area contributed by atoms with Gasteiger partial charge in [0, 0.05) is 51.4 Å². The van der Waals surface area contributed by atoms with Crippen LogP contribution >= 0.6 is 0 Å². The third-order valence-electron chi connectivity index (χ3n) is 6.12. The van der Waals surface area contributed by atoms with Crippen molar-refractivity contribution in [3.8, 4) is 0 Å². The molecule has 0 radical (unpaired) electrons. The Morgan fingerprint density at radius 1 is 1.16 bits per heavy atom. The van der Waals surface area contributed by atoms with Crippen molar-refractivity contribution in [2.45, 2.75) is 44.3 Å². The first-order valence-electron chi connectivity index (χ1n) is 11.1. The number of anilines is 2. The van der Waals surface area contributed by atoms with Gasteiger partial charge in [-0.2, -0.15) is 4.98 Å². The zero-order chi connectivity index (χ0) is 22.7. The van der Waals surface area contributed by atoms with Gasteiger partial charge in [-0.05, 0) is 49.4 Å².